The predicted octanol–water partition coefficient (Wildman–Crippen LogP) is 2.41. The molecule has 28 heavy (non-hydrogen) atoms. The van der Waals surface area contributed by atoms with E-state index < -0.39 is 0 Å². The summed E-state index contributed by atoms with van der Waals surface area (Å²) >= 11 is 1.51. The van der Waals surface area contributed by atoms with E-state index in [1.165, 1.54) is 16.2 Å². The number of para-hydroxylation sites is 1. The van der Waals surface area contributed by atoms with E-state index in [0.717, 1.165) is 22.3 Å². The molecule has 3 rings (SSSR count). The van der Waals surface area contributed by atoms with Crippen LogP contribution < -0.4 is 19.3 Å². The average Bonchev–Trinajstić information content (AvgIpc) is 3.14. The fourth-order valence-electron chi connectivity index (χ4n) is 2.96. The quantitative estimate of drug-likeness (QED) is 0.662. The van der Waals surface area contributed by atoms with Crippen LogP contribution in [0.4, 0.5) is 5.13 Å². The maximum absolute atomic E-state index is 13.4. The highest BCUT2D eigenvalue weighted by Crippen LogP contribution is 2.37. The number of thiazole rings is 1. The molecule has 0 spiro atoms. The number of anilines is 1. The molecule has 2 aromatic carbocycles. The molecule has 0 atom stereocenters. The van der Waals surface area contributed by atoms with Gasteiger partial charge in [0.05, 0.1) is 51.7 Å². The minimum Gasteiger partial charge on any atom is -0.496 e. The number of amides is 1. The van der Waals surface area contributed by atoms with Crippen molar-refractivity contribution in [1.29, 1.82) is 0 Å². The number of rotatable bonds is 7. The van der Waals surface area contributed by atoms with E-state index in [0.29, 0.717) is 28.7 Å². The van der Waals surface area contributed by atoms with Gasteiger partial charge in [0.1, 0.15) is 17.0 Å². The lowest BCUT2D eigenvalue weighted by Crippen LogP contribution is -3.06. The van der Waals surface area contributed by atoms with Gasteiger partial charge in [-0.05, 0) is 30.7 Å². The Hall–Kier alpha value is -2.64. The minimum absolute atomic E-state index is 0.116. The first-order valence-corrected chi connectivity index (χ1v) is 9.96. The predicted molar refractivity (Wildman–Crippen MR) is 113 cm³/mol. The molecule has 0 unspecified atom stereocenters. The topological polar surface area (TPSA) is 56.1 Å². The maximum Gasteiger partial charge on any atom is 0.264 e. The van der Waals surface area contributed by atoms with E-state index in [2.05, 4.69) is 14.1 Å². The lowest BCUT2D eigenvalue weighted by Gasteiger charge is -2.21. The molecule has 1 N–H and O–H groups in total. The molecular weight excluding hydrogens is 374 g/mol. The molecule has 0 aliphatic rings. The third kappa shape index (κ3) is 3.95. The highest BCUT2D eigenvalue weighted by atomic mass is 32.1. The molecule has 0 bridgehead atoms. The Balaban J connectivity index is 2.09. The van der Waals surface area contributed by atoms with Gasteiger partial charge in [-0.15, -0.1) is 0 Å². The number of aromatic nitrogens is 1. The molecule has 0 aliphatic carbocycles. The summed E-state index contributed by atoms with van der Waals surface area (Å²) in [5.74, 6) is 1.16. The molecule has 6 nitrogen and oxygen atoms in total. The van der Waals surface area contributed by atoms with Crippen molar-refractivity contribution in [3.8, 4) is 11.5 Å². The second-order valence-electron chi connectivity index (χ2n) is 6.87. The molecule has 0 saturated carbocycles. The van der Waals surface area contributed by atoms with Crippen LogP contribution in [-0.2, 0) is 0 Å². The molecule has 7 heteroatoms. The summed E-state index contributed by atoms with van der Waals surface area (Å²) < 4.78 is 11.9. The minimum atomic E-state index is -0.116. The molecule has 148 valence electrons. The van der Waals surface area contributed by atoms with Crippen molar-refractivity contribution in [3.63, 3.8) is 0 Å². The number of aryl methyl sites for hydroxylation is 1. The molecule has 0 aliphatic heterocycles. The number of fused-ring (bicyclic) bond motifs is 1. The second-order valence-corrected chi connectivity index (χ2v) is 7.85. The van der Waals surface area contributed by atoms with Crippen LogP contribution in [0, 0.1) is 6.92 Å². The second kappa shape index (κ2) is 8.58. The third-order valence-electron chi connectivity index (χ3n) is 4.56. The number of nitrogens with zero attached hydrogens (tertiary/aromatic N) is 2. The van der Waals surface area contributed by atoms with Crippen LogP contribution in [0.15, 0.2) is 36.4 Å². The summed E-state index contributed by atoms with van der Waals surface area (Å²) in [4.78, 5) is 21.2. The largest absolute Gasteiger partial charge is 0.496 e. The summed E-state index contributed by atoms with van der Waals surface area (Å²) in [5.41, 5.74) is 2.43. The van der Waals surface area contributed by atoms with Crippen molar-refractivity contribution in [2.45, 2.75) is 6.92 Å². The number of carbonyl (C=O) groups is 1. The smallest absolute Gasteiger partial charge is 0.264 e. The molecular formula is C21H26N3O3S+. The number of likely N-dealkylation sites (N-methyl/N-ethyl adjacent to an activating group) is 1. The lowest BCUT2D eigenvalue weighted by molar-refractivity contribution is -0.856. The van der Waals surface area contributed by atoms with Gasteiger partial charge in [0, 0.05) is 0 Å². The van der Waals surface area contributed by atoms with Crippen molar-refractivity contribution < 1.29 is 19.2 Å². The molecule has 1 heterocycles. The number of nitrogens with one attached hydrogen (secondary N) is 1. The van der Waals surface area contributed by atoms with E-state index in [4.69, 9.17) is 14.5 Å². The van der Waals surface area contributed by atoms with Gasteiger partial charge in [-0.3, -0.25) is 9.69 Å². The highest BCUT2D eigenvalue weighted by molar-refractivity contribution is 7.22. The number of hydrogen-bond donors (Lipinski definition) is 1. The van der Waals surface area contributed by atoms with Crippen molar-refractivity contribution in [3.05, 3.63) is 47.5 Å². The van der Waals surface area contributed by atoms with Crippen molar-refractivity contribution in [1.82, 2.24) is 4.98 Å². The van der Waals surface area contributed by atoms with Crippen molar-refractivity contribution >= 4 is 32.6 Å². The Morgan fingerprint density at radius 2 is 1.82 bits per heavy atom. The molecule has 0 fully saturated rings. The Morgan fingerprint density at radius 3 is 2.50 bits per heavy atom. The van der Waals surface area contributed by atoms with Crippen molar-refractivity contribution in [2.24, 2.45) is 0 Å². The van der Waals surface area contributed by atoms with Gasteiger partial charge in [0.15, 0.2) is 5.13 Å². The van der Waals surface area contributed by atoms with Crippen LogP contribution in [-0.4, -0.2) is 52.3 Å². The van der Waals surface area contributed by atoms with E-state index >= 15 is 0 Å². The highest BCUT2D eigenvalue weighted by Gasteiger charge is 2.25. The molecule has 0 radical (unpaired) electrons. The van der Waals surface area contributed by atoms with E-state index in [1.807, 2.05) is 31.2 Å². The molecule has 0 saturated heterocycles. The Bertz CT molecular complexity index is 984. The number of benzene rings is 2. The number of methoxy groups -OCH3 is 2. The van der Waals surface area contributed by atoms with Crippen LogP contribution in [0.25, 0.3) is 10.2 Å². The van der Waals surface area contributed by atoms with Gasteiger partial charge in [0.25, 0.3) is 5.91 Å². The average molecular weight is 401 g/mol. The van der Waals surface area contributed by atoms with Crippen LogP contribution in [0.3, 0.4) is 0 Å². The van der Waals surface area contributed by atoms with Gasteiger partial charge < -0.3 is 14.4 Å². The molecule has 3 aromatic rings. The summed E-state index contributed by atoms with van der Waals surface area (Å²) in [6.45, 7) is 3.40. The summed E-state index contributed by atoms with van der Waals surface area (Å²) in [6.07, 6.45) is 0. The van der Waals surface area contributed by atoms with E-state index in [1.54, 1.807) is 31.3 Å². The summed E-state index contributed by atoms with van der Waals surface area (Å²) in [6, 6.07) is 11.2. The van der Waals surface area contributed by atoms with E-state index in [9.17, 15) is 4.79 Å². The zero-order valence-corrected chi connectivity index (χ0v) is 17.7. The molecule has 1 aromatic heterocycles. The number of carbonyl (C=O) groups excluding carboxylic acids is 1. The Morgan fingerprint density at radius 1 is 1.11 bits per heavy atom. The lowest BCUT2D eigenvalue weighted by atomic mass is 10.1. The number of hydrogen-bond acceptors (Lipinski definition) is 5. The first kappa shape index (κ1) is 20.1. The van der Waals surface area contributed by atoms with Gasteiger partial charge in [-0.1, -0.05) is 29.5 Å². The molecule has 1 amide bonds. The fourth-order valence-corrected chi connectivity index (χ4v) is 4.04. The fraction of sp³-hybridized carbons (Fsp3) is 0.333. The first-order chi connectivity index (χ1) is 13.5. The van der Waals surface area contributed by atoms with Crippen LogP contribution in [0.2, 0.25) is 0 Å². The number of quaternary nitrogens is 1. The Kier molecular flexibility index (Phi) is 6.16. The Labute approximate surface area is 169 Å². The maximum atomic E-state index is 13.4. The van der Waals surface area contributed by atoms with Gasteiger partial charge in [0.2, 0.25) is 0 Å². The standard InChI is InChI=1S/C21H25N3O3S/c1-14-10-11-17(27-5)18-19(14)28-21(22-18)24(13-12-23(2)3)20(25)15-8-6-7-9-16(15)26-4/h6-11H,12-13H2,1-5H3/p+1. The zero-order valence-electron chi connectivity index (χ0n) is 16.9. The zero-order chi connectivity index (χ0) is 20.3. The van der Waals surface area contributed by atoms with Gasteiger partial charge in [-0.25, -0.2) is 4.98 Å². The normalized spacial score (nSPS) is 11.1. The van der Waals surface area contributed by atoms with E-state index in [-0.39, 0.29) is 5.91 Å². The SMILES string of the molecule is COc1ccccc1C(=O)N(CC[NH+](C)C)c1nc2c(OC)ccc(C)c2s1. The van der Waals surface area contributed by atoms with Crippen LogP contribution >= 0.6 is 11.3 Å². The van der Waals surface area contributed by atoms with Gasteiger partial charge >= 0.3 is 0 Å². The summed E-state index contributed by atoms with van der Waals surface area (Å²) in [5, 5.41) is 0.666. The third-order valence-corrected chi connectivity index (χ3v) is 5.77. The monoisotopic (exact) mass is 400 g/mol. The first-order valence-electron chi connectivity index (χ1n) is 9.14. The van der Waals surface area contributed by atoms with Crippen LogP contribution in [0.5, 0.6) is 11.5 Å². The summed E-state index contributed by atoms with van der Waals surface area (Å²) in [7, 11) is 7.34. The van der Waals surface area contributed by atoms with Crippen molar-refractivity contribution in [2.75, 3.05) is 46.3 Å². The van der Waals surface area contributed by atoms with Crippen LogP contribution in [0.1, 0.15) is 15.9 Å². The van der Waals surface area contributed by atoms with Gasteiger partial charge in [-0.2, -0.15) is 0 Å². The number of ether oxygens (including phenoxy) is 2.